The van der Waals surface area contributed by atoms with Gasteiger partial charge in [-0.05, 0) is 48.6 Å². The molecule has 0 aromatic heterocycles. The van der Waals surface area contributed by atoms with E-state index >= 15 is 0 Å². The molecular weight excluding hydrogens is 347 g/mol. The molecule has 8 heteroatoms. The summed E-state index contributed by atoms with van der Waals surface area (Å²) in [5, 5.41) is 5.40. The Morgan fingerprint density at radius 1 is 1.00 bits per heavy atom. The molecule has 0 unspecified atom stereocenters. The Morgan fingerprint density at radius 3 is 2.04 bits per heavy atom. The number of anilines is 1. The van der Waals surface area contributed by atoms with E-state index < -0.39 is 5.91 Å². The Labute approximate surface area is 149 Å². The summed E-state index contributed by atoms with van der Waals surface area (Å²) in [5.41, 5.74) is 0.828. The van der Waals surface area contributed by atoms with E-state index in [1.54, 1.807) is 0 Å². The Hall–Kier alpha value is -2.87. The first-order chi connectivity index (χ1) is 12.0. The predicted octanol–water partition coefficient (Wildman–Crippen LogP) is 2.98. The molecule has 0 saturated carbocycles. The summed E-state index contributed by atoms with van der Waals surface area (Å²) < 4.78 is 28.5. The van der Waals surface area contributed by atoms with E-state index in [1.807, 2.05) is 0 Å². The molecule has 0 radical (unpaired) electrons. The number of nitrogens with one attached hydrogen (secondary N) is 2. The zero-order valence-electron chi connectivity index (χ0n) is 13.9. The summed E-state index contributed by atoms with van der Waals surface area (Å²) in [6, 6.07) is 8.60. The molecule has 132 valence electrons. The molecule has 1 amide bonds. The molecule has 0 aliphatic carbocycles. The fourth-order valence-corrected chi connectivity index (χ4v) is 2.29. The van der Waals surface area contributed by atoms with Crippen LogP contribution in [-0.2, 0) is 0 Å². The number of carbonyl (C=O) groups is 1. The van der Waals surface area contributed by atoms with Crippen molar-refractivity contribution in [2.45, 2.75) is 0 Å². The van der Waals surface area contributed by atoms with Crippen LogP contribution in [-0.4, -0.2) is 32.3 Å². The van der Waals surface area contributed by atoms with Gasteiger partial charge in [0.25, 0.3) is 5.91 Å². The summed E-state index contributed by atoms with van der Waals surface area (Å²) in [4.78, 5) is 12.4. The first-order valence-electron chi connectivity index (χ1n) is 7.16. The van der Waals surface area contributed by atoms with Crippen molar-refractivity contribution in [1.82, 2.24) is 5.32 Å². The summed E-state index contributed by atoms with van der Waals surface area (Å²) in [6.07, 6.45) is 0. The molecule has 0 aliphatic heterocycles. The summed E-state index contributed by atoms with van der Waals surface area (Å²) in [7, 11) is 4.39. The van der Waals surface area contributed by atoms with Crippen molar-refractivity contribution >= 4 is 28.9 Å². The van der Waals surface area contributed by atoms with Crippen LogP contribution in [0.3, 0.4) is 0 Å². The molecule has 25 heavy (non-hydrogen) atoms. The van der Waals surface area contributed by atoms with Gasteiger partial charge in [-0.25, -0.2) is 4.39 Å². The minimum atomic E-state index is -0.459. The number of thiocarbonyl (C=S) groups is 1. The minimum absolute atomic E-state index is 0.0744. The van der Waals surface area contributed by atoms with Crippen molar-refractivity contribution in [2.24, 2.45) is 0 Å². The molecule has 6 nitrogen and oxygen atoms in total. The molecule has 0 heterocycles. The van der Waals surface area contributed by atoms with E-state index in [2.05, 4.69) is 10.6 Å². The maximum atomic E-state index is 12.9. The van der Waals surface area contributed by atoms with E-state index in [0.717, 1.165) is 0 Å². The number of hydrogen-bond acceptors (Lipinski definition) is 5. The molecule has 0 saturated heterocycles. The number of halogens is 1. The van der Waals surface area contributed by atoms with Gasteiger partial charge < -0.3 is 19.5 Å². The van der Waals surface area contributed by atoms with Gasteiger partial charge in [0, 0.05) is 11.3 Å². The Kier molecular flexibility index (Phi) is 6.13. The van der Waals surface area contributed by atoms with Crippen LogP contribution in [0, 0.1) is 5.82 Å². The van der Waals surface area contributed by atoms with Gasteiger partial charge in [0.05, 0.1) is 21.3 Å². The predicted molar refractivity (Wildman–Crippen MR) is 96.2 cm³/mol. The maximum Gasteiger partial charge on any atom is 0.257 e. The van der Waals surface area contributed by atoms with Crippen LogP contribution in [0.15, 0.2) is 36.4 Å². The lowest BCUT2D eigenvalue weighted by molar-refractivity contribution is 0.0977. The van der Waals surface area contributed by atoms with Crippen molar-refractivity contribution in [3.63, 3.8) is 0 Å². The lowest BCUT2D eigenvalue weighted by Gasteiger charge is -2.14. The average molecular weight is 364 g/mol. The monoisotopic (exact) mass is 364 g/mol. The second kappa shape index (κ2) is 8.29. The van der Waals surface area contributed by atoms with Gasteiger partial charge in [0.15, 0.2) is 16.6 Å². The number of carbonyl (C=O) groups excluding carboxylic acids is 1. The van der Waals surface area contributed by atoms with Crippen LogP contribution in [0.1, 0.15) is 10.4 Å². The van der Waals surface area contributed by atoms with Crippen LogP contribution < -0.4 is 24.8 Å². The first-order valence-corrected chi connectivity index (χ1v) is 7.57. The van der Waals surface area contributed by atoms with Crippen molar-refractivity contribution < 1.29 is 23.4 Å². The molecule has 0 bridgehead atoms. The Bertz CT molecular complexity index is 756. The topological polar surface area (TPSA) is 68.8 Å². The third kappa shape index (κ3) is 4.57. The number of hydrogen-bond donors (Lipinski definition) is 2. The summed E-state index contributed by atoms with van der Waals surface area (Å²) >= 11 is 5.09. The highest BCUT2D eigenvalue weighted by Gasteiger charge is 2.17. The van der Waals surface area contributed by atoms with Crippen molar-refractivity contribution in [2.75, 3.05) is 26.6 Å². The van der Waals surface area contributed by atoms with E-state index in [9.17, 15) is 9.18 Å². The van der Waals surface area contributed by atoms with Crippen LogP contribution in [0.25, 0.3) is 0 Å². The highest BCUT2D eigenvalue weighted by Crippen LogP contribution is 2.38. The number of amides is 1. The largest absolute Gasteiger partial charge is 0.493 e. The van der Waals surface area contributed by atoms with Crippen LogP contribution in [0.2, 0.25) is 0 Å². The minimum Gasteiger partial charge on any atom is -0.493 e. The second-order valence-electron chi connectivity index (χ2n) is 4.83. The third-order valence-electron chi connectivity index (χ3n) is 3.26. The third-order valence-corrected chi connectivity index (χ3v) is 3.46. The van der Waals surface area contributed by atoms with Crippen LogP contribution >= 0.6 is 12.2 Å². The van der Waals surface area contributed by atoms with Crippen molar-refractivity contribution in [1.29, 1.82) is 0 Å². The highest BCUT2D eigenvalue weighted by atomic mass is 32.1. The summed E-state index contributed by atoms with van der Waals surface area (Å²) in [5.74, 6) is 0.263. The van der Waals surface area contributed by atoms with Gasteiger partial charge in [-0.15, -0.1) is 0 Å². The molecule has 0 spiro atoms. The molecule has 2 aromatic carbocycles. The number of ether oxygens (including phenoxy) is 3. The standard InChI is InChI=1S/C17H17FN2O4S/c1-22-13-8-10(9-14(23-2)15(13)24-3)16(21)20-17(25)19-12-6-4-11(18)5-7-12/h4-9H,1-3H3,(H2,19,20,21,25). The van der Waals surface area contributed by atoms with E-state index in [4.69, 9.17) is 26.4 Å². The lowest BCUT2D eigenvalue weighted by Crippen LogP contribution is -2.34. The van der Waals surface area contributed by atoms with E-state index in [0.29, 0.717) is 22.9 Å². The summed E-state index contributed by atoms with van der Waals surface area (Å²) in [6.45, 7) is 0. The normalized spacial score (nSPS) is 9.92. The first kappa shape index (κ1) is 18.5. The van der Waals surface area contributed by atoms with Gasteiger partial charge in [0.1, 0.15) is 5.82 Å². The molecule has 0 fully saturated rings. The fourth-order valence-electron chi connectivity index (χ4n) is 2.08. The van der Waals surface area contributed by atoms with Crippen molar-refractivity contribution in [3.8, 4) is 17.2 Å². The Balaban J connectivity index is 2.14. The quantitative estimate of drug-likeness (QED) is 0.795. The Morgan fingerprint density at radius 2 is 1.56 bits per heavy atom. The maximum absolute atomic E-state index is 12.9. The molecule has 0 atom stereocenters. The van der Waals surface area contributed by atoms with Crippen LogP contribution in [0.5, 0.6) is 17.2 Å². The van der Waals surface area contributed by atoms with Gasteiger partial charge >= 0.3 is 0 Å². The zero-order valence-corrected chi connectivity index (χ0v) is 14.7. The van der Waals surface area contributed by atoms with Gasteiger partial charge in [-0.3, -0.25) is 10.1 Å². The van der Waals surface area contributed by atoms with E-state index in [1.165, 1.54) is 57.7 Å². The molecule has 2 rings (SSSR count). The van der Waals surface area contributed by atoms with E-state index in [-0.39, 0.29) is 16.5 Å². The average Bonchev–Trinajstić information content (AvgIpc) is 2.62. The van der Waals surface area contributed by atoms with Crippen molar-refractivity contribution in [3.05, 3.63) is 47.8 Å². The number of rotatable bonds is 5. The number of benzene rings is 2. The molecule has 2 N–H and O–H groups in total. The molecule has 0 aliphatic rings. The van der Waals surface area contributed by atoms with Gasteiger partial charge in [-0.2, -0.15) is 0 Å². The molecular formula is C17H17FN2O4S. The zero-order chi connectivity index (χ0) is 18.4. The molecule has 2 aromatic rings. The van der Waals surface area contributed by atoms with Crippen LogP contribution in [0.4, 0.5) is 10.1 Å². The lowest BCUT2D eigenvalue weighted by atomic mass is 10.1. The van der Waals surface area contributed by atoms with Gasteiger partial charge in [-0.1, -0.05) is 0 Å². The number of methoxy groups -OCH3 is 3. The fraction of sp³-hybridized carbons (Fsp3) is 0.176. The smallest absolute Gasteiger partial charge is 0.257 e. The SMILES string of the molecule is COc1cc(C(=O)NC(=S)Nc2ccc(F)cc2)cc(OC)c1OC. The second-order valence-corrected chi connectivity index (χ2v) is 5.24. The highest BCUT2D eigenvalue weighted by molar-refractivity contribution is 7.80. The van der Waals surface area contributed by atoms with Gasteiger partial charge in [0.2, 0.25) is 5.75 Å².